The van der Waals surface area contributed by atoms with Crippen LogP contribution in [0.25, 0.3) is 0 Å². The van der Waals surface area contributed by atoms with Gasteiger partial charge in [0.05, 0.1) is 5.75 Å². The lowest BCUT2D eigenvalue weighted by Gasteiger charge is -2.24. The predicted molar refractivity (Wildman–Crippen MR) is 77.2 cm³/mol. The van der Waals surface area contributed by atoms with E-state index in [9.17, 15) is 18.3 Å². The van der Waals surface area contributed by atoms with Gasteiger partial charge in [0.15, 0.2) is 0 Å². The third-order valence-corrected chi connectivity index (χ3v) is 5.77. The van der Waals surface area contributed by atoms with Crippen molar-refractivity contribution in [2.45, 2.75) is 18.4 Å². The Bertz CT molecular complexity index is 568. The molecule has 8 heteroatoms. The van der Waals surface area contributed by atoms with Gasteiger partial charge < -0.3 is 5.11 Å². The standard InChI is InChI=1S/C12H16N2O4S2/c15-11(16)12(5-7-19-9-12)14-20(17,18)8-4-10-3-1-2-6-13-10/h1-3,6,14H,4-5,7-9H2,(H,15,16). The van der Waals surface area contributed by atoms with Crippen molar-refractivity contribution in [2.75, 3.05) is 17.3 Å². The molecule has 0 bridgehead atoms. The molecule has 1 aromatic heterocycles. The van der Waals surface area contributed by atoms with E-state index in [1.165, 1.54) is 11.8 Å². The Morgan fingerprint density at radius 1 is 1.50 bits per heavy atom. The van der Waals surface area contributed by atoms with Crippen molar-refractivity contribution in [3.63, 3.8) is 0 Å². The van der Waals surface area contributed by atoms with Gasteiger partial charge in [-0.2, -0.15) is 16.5 Å². The Labute approximate surface area is 122 Å². The highest BCUT2D eigenvalue weighted by atomic mass is 32.2. The number of hydrogen-bond acceptors (Lipinski definition) is 5. The number of rotatable bonds is 6. The normalized spacial score (nSPS) is 22.8. The van der Waals surface area contributed by atoms with E-state index in [1.54, 1.807) is 24.4 Å². The Morgan fingerprint density at radius 3 is 2.85 bits per heavy atom. The quantitative estimate of drug-likeness (QED) is 0.793. The highest BCUT2D eigenvalue weighted by Gasteiger charge is 2.44. The third kappa shape index (κ3) is 3.71. The number of nitrogens with one attached hydrogen (secondary N) is 1. The van der Waals surface area contributed by atoms with Gasteiger partial charge in [-0.05, 0) is 24.3 Å². The van der Waals surface area contributed by atoms with Crippen LogP contribution in [0.2, 0.25) is 0 Å². The van der Waals surface area contributed by atoms with E-state index in [1.807, 2.05) is 0 Å². The van der Waals surface area contributed by atoms with E-state index >= 15 is 0 Å². The summed E-state index contributed by atoms with van der Waals surface area (Å²) in [6.45, 7) is 0. The van der Waals surface area contributed by atoms with Crippen molar-refractivity contribution < 1.29 is 18.3 Å². The average molecular weight is 316 g/mol. The minimum Gasteiger partial charge on any atom is -0.480 e. The maximum atomic E-state index is 12.1. The smallest absolute Gasteiger partial charge is 0.325 e. The molecule has 1 aliphatic heterocycles. The lowest BCUT2D eigenvalue weighted by Crippen LogP contribution is -2.55. The van der Waals surface area contributed by atoms with E-state index in [2.05, 4.69) is 9.71 Å². The number of carboxylic acid groups (broad SMARTS) is 1. The number of carbonyl (C=O) groups is 1. The van der Waals surface area contributed by atoms with Gasteiger partial charge in [0.2, 0.25) is 10.0 Å². The number of aromatic nitrogens is 1. The number of aliphatic carboxylic acids is 1. The summed E-state index contributed by atoms with van der Waals surface area (Å²) in [7, 11) is -3.65. The lowest BCUT2D eigenvalue weighted by atomic mass is 10.0. The van der Waals surface area contributed by atoms with Crippen LogP contribution in [-0.4, -0.2) is 47.3 Å². The number of aryl methyl sites for hydroxylation is 1. The van der Waals surface area contributed by atoms with Crippen LogP contribution in [0.5, 0.6) is 0 Å². The van der Waals surface area contributed by atoms with Gasteiger partial charge >= 0.3 is 5.97 Å². The van der Waals surface area contributed by atoms with Crippen molar-refractivity contribution >= 4 is 27.8 Å². The van der Waals surface area contributed by atoms with Crippen molar-refractivity contribution in [3.05, 3.63) is 30.1 Å². The molecular weight excluding hydrogens is 300 g/mol. The maximum absolute atomic E-state index is 12.1. The molecule has 2 rings (SSSR count). The zero-order valence-corrected chi connectivity index (χ0v) is 12.4. The summed E-state index contributed by atoms with van der Waals surface area (Å²) in [5.41, 5.74) is -0.684. The fourth-order valence-corrected chi connectivity index (χ4v) is 4.85. The molecule has 110 valence electrons. The highest BCUT2D eigenvalue weighted by molar-refractivity contribution is 7.99. The Balaban J connectivity index is 2.02. The number of nitrogens with zero attached hydrogens (tertiary/aromatic N) is 1. The molecule has 1 atom stereocenters. The van der Waals surface area contributed by atoms with Crippen molar-refractivity contribution in [2.24, 2.45) is 0 Å². The molecule has 2 N–H and O–H groups in total. The SMILES string of the molecule is O=C(O)C1(NS(=O)(=O)CCc2ccccn2)CCSC1. The first-order valence-corrected chi connectivity index (χ1v) is 8.97. The van der Waals surface area contributed by atoms with Crippen molar-refractivity contribution in [3.8, 4) is 0 Å². The van der Waals surface area contributed by atoms with Crippen molar-refractivity contribution in [1.29, 1.82) is 0 Å². The molecule has 0 aromatic carbocycles. The molecule has 20 heavy (non-hydrogen) atoms. The molecule has 1 unspecified atom stereocenters. The first-order valence-electron chi connectivity index (χ1n) is 6.16. The summed E-state index contributed by atoms with van der Waals surface area (Å²) in [6.07, 6.45) is 2.18. The molecule has 0 radical (unpaired) electrons. The number of sulfonamides is 1. The first-order chi connectivity index (χ1) is 9.44. The molecule has 1 saturated heterocycles. The van der Waals surface area contributed by atoms with Crippen LogP contribution >= 0.6 is 11.8 Å². The topological polar surface area (TPSA) is 96.4 Å². The molecule has 6 nitrogen and oxygen atoms in total. The predicted octanol–water partition coefficient (Wildman–Crippen LogP) is 0.504. The van der Waals surface area contributed by atoms with Gasteiger partial charge in [-0.3, -0.25) is 9.78 Å². The lowest BCUT2D eigenvalue weighted by molar-refractivity contribution is -0.142. The van der Waals surface area contributed by atoms with Gasteiger partial charge in [0, 0.05) is 24.1 Å². The monoisotopic (exact) mass is 316 g/mol. The molecule has 1 fully saturated rings. The molecule has 0 spiro atoms. The Kier molecular flexibility index (Phi) is 4.66. The van der Waals surface area contributed by atoms with Crippen LogP contribution in [0.15, 0.2) is 24.4 Å². The summed E-state index contributed by atoms with van der Waals surface area (Å²) in [5.74, 6) is -0.354. The largest absolute Gasteiger partial charge is 0.480 e. The van der Waals surface area contributed by atoms with Gasteiger partial charge in [-0.1, -0.05) is 6.07 Å². The van der Waals surface area contributed by atoms with E-state index in [-0.39, 0.29) is 17.9 Å². The molecule has 1 aliphatic rings. The maximum Gasteiger partial charge on any atom is 0.325 e. The fourth-order valence-electron chi connectivity index (χ4n) is 1.99. The number of hydrogen-bond donors (Lipinski definition) is 2. The Hall–Kier alpha value is -1.12. The average Bonchev–Trinajstić information content (AvgIpc) is 2.87. The van der Waals surface area contributed by atoms with Crippen LogP contribution in [0.3, 0.4) is 0 Å². The molecular formula is C12H16N2O4S2. The summed E-state index contributed by atoms with van der Waals surface area (Å²) in [4.78, 5) is 15.4. The van der Waals surface area contributed by atoms with Crippen LogP contribution in [0, 0.1) is 0 Å². The number of pyridine rings is 1. The van der Waals surface area contributed by atoms with E-state index < -0.39 is 21.5 Å². The Morgan fingerprint density at radius 2 is 2.30 bits per heavy atom. The van der Waals surface area contributed by atoms with Crippen LogP contribution < -0.4 is 4.72 Å². The number of carboxylic acids is 1. The molecule has 1 aromatic rings. The number of thioether (sulfide) groups is 1. The highest BCUT2D eigenvalue weighted by Crippen LogP contribution is 2.29. The second-order valence-corrected chi connectivity index (χ2v) is 7.63. The summed E-state index contributed by atoms with van der Waals surface area (Å²) >= 11 is 1.44. The third-order valence-electron chi connectivity index (χ3n) is 3.13. The zero-order valence-electron chi connectivity index (χ0n) is 10.8. The molecule has 0 amide bonds. The van der Waals surface area contributed by atoms with Gasteiger partial charge in [0.25, 0.3) is 0 Å². The minimum atomic E-state index is -3.65. The van der Waals surface area contributed by atoms with Crippen molar-refractivity contribution in [1.82, 2.24) is 9.71 Å². The van der Waals surface area contributed by atoms with Crippen LogP contribution in [0.1, 0.15) is 12.1 Å². The van der Waals surface area contributed by atoms with Crippen LogP contribution in [-0.2, 0) is 21.2 Å². The van der Waals surface area contributed by atoms with E-state index in [4.69, 9.17) is 0 Å². The fraction of sp³-hybridized carbons (Fsp3) is 0.500. The van der Waals surface area contributed by atoms with Crippen LogP contribution in [0.4, 0.5) is 0 Å². The second kappa shape index (κ2) is 6.11. The van der Waals surface area contributed by atoms with Gasteiger partial charge in [0.1, 0.15) is 5.54 Å². The minimum absolute atomic E-state index is 0.163. The summed E-state index contributed by atoms with van der Waals surface area (Å²) in [5, 5.41) is 9.26. The first kappa shape index (κ1) is 15.3. The molecule has 2 heterocycles. The zero-order chi connectivity index (χ0) is 14.6. The second-order valence-electron chi connectivity index (χ2n) is 4.68. The molecule has 0 saturated carbocycles. The molecule has 0 aliphatic carbocycles. The van der Waals surface area contributed by atoms with Gasteiger partial charge in [-0.15, -0.1) is 0 Å². The van der Waals surface area contributed by atoms with E-state index in [0.717, 1.165) is 0 Å². The van der Waals surface area contributed by atoms with Gasteiger partial charge in [-0.25, -0.2) is 8.42 Å². The summed E-state index contributed by atoms with van der Waals surface area (Å²) < 4.78 is 26.5. The van der Waals surface area contributed by atoms with E-state index in [0.29, 0.717) is 17.9 Å². The summed E-state index contributed by atoms with van der Waals surface area (Å²) in [6, 6.07) is 5.29.